The molecule has 4 aromatic rings. The number of aromatic nitrogens is 2. The molecule has 0 saturated carbocycles. The molecule has 1 N–H and O–H groups in total. The maximum atomic E-state index is 13.9. The van der Waals surface area contributed by atoms with Crippen LogP contribution in [0.2, 0.25) is 0 Å². The summed E-state index contributed by atoms with van der Waals surface area (Å²) in [6.45, 7) is 7.33. The zero-order chi connectivity index (χ0) is 25.9. The molecule has 1 aliphatic rings. The van der Waals surface area contributed by atoms with Crippen molar-refractivity contribution in [1.82, 2.24) is 9.55 Å². The number of nitrogens with zero attached hydrogens (tertiary/aromatic N) is 2. The number of anilines is 1. The number of nitrogens with one attached hydrogen (secondary N) is 1. The number of amides is 1. The summed E-state index contributed by atoms with van der Waals surface area (Å²) in [7, 11) is 0. The van der Waals surface area contributed by atoms with E-state index in [0.717, 1.165) is 43.9 Å². The monoisotopic (exact) mass is 533 g/mol. The van der Waals surface area contributed by atoms with E-state index < -0.39 is 0 Å². The summed E-state index contributed by atoms with van der Waals surface area (Å²) in [5, 5.41) is 4.23. The Bertz CT molecular complexity index is 1460. The van der Waals surface area contributed by atoms with Gasteiger partial charge in [0.25, 0.3) is 5.56 Å². The Hall–Kier alpha value is -2.94. The number of aryl methyl sites for hydroxylation is 2. The minimum absolute atomic E-state index is 0.0238. The van der Waals surface area contributed by atoms with Gasteiger partial charge in [-0.05, 0) is 42.5 Å². The van der Waals surface area contributed by atoms with Gasteiger partial charge in [-0.25, -0.2) is 4.98 Å². The molecule has 0 bridgehead atoms. The van der Waals surface area contributed by atoms with Crippen LogP contribution in [-0.4, -0.2) is 27.3 Å². The molecule has 2 aromatic carbocycles. The molecule has 1 aliphatic heterocycles. The molecule has 192 valence electrons. The molecule has 0 fully saturated rings. The van der Waals surface area contributed by atoms with Crippen LogP contribution in [0.5, 0.6) is 0 Å². The van der Waals surface area contributed by atoms with E-state index in [2.05, 4.69) is 31.3 Å². The van der Waals surface area contributed by atoms with Gasteiger partial charge in [0.2, 0.25) is 5.91 Å². The Morgan fingerprint density at radius 2 is 1.95 bits per heavy atom. The zero-order valence-electron chi connectivity index (χ0n) is 21.3. The summed E-state index contributed by atoms with van der Waals surface area (Å²) in [5.41, 5.74) is 4.11. The number of hydrogen-bond donors (Lipinski definition) is 1. The first-order valence-electron chi connectivity index (χ1n) is 12.6. The van der Waals surface area contributed by atoms with Crippen LogP contribution >= 0.6 is 23.1 Å². The second-order valence-corrected chi connectivity index (χ2v) is 11.8. The standard InChI is InChI=1S/C29H31N3O3S2/c1-18(2)23-15-22-24(16-35-23)37-27-26(22)28(34)32(14-13-20-7-5-4-6-8-20)29(31-27)36-17-25(33)30-21-11-9-19(3)10-12-21/h4-12,18,23H,13-17H2,1-3H3,(H,30,33)/t23-/m0/s1. The van der Waals surface area contributed by atoms with E-state index in [1.165, 1.54) is 23.1 Å². The molecule has 1 atom stereocenters. The van der Waals surface area contributed by atoms with Crippen LogP contribution in [0.1, 0.15) is 35.4 Å². The Morgan fingerprint density at radius 1 is 1.19 bits per heavy atom. The van der Waals surface area contributed by atoms with E-state index in [1.54, 1.807) is 4.57 Å². The van der Waals surface area contributed by atoms with E-state index in [4.69, 9.17) is 9.72 Å². The van der Waals surface area contributed by atoms with Crippen molar-refractivity contribution < 1.29 is 9.53 Å². The smallest absolute Gasteiger partial charge is 0.263 e. The van der Waals surface area contributed by atoms with Crippen LogP contribution in [0, 0.1) is 12.8 Å². The molecule has 6 nitrogen and oxygen atoms in total. The Morgan fingerprint density at radius 3 is 2.68 bits per heavy atom. The highest BCUT2D eigenvalue weighted by Gasteiger charge is 2.28. The van der Waals surface area contributed by atoms with E-state index in [9.17, 15) is 9.59 Å². The van der Waals surface area contributed by atoms with Gasteiger partial charge >= 0.3 is 0 Å². The lowest BCUT2D eigenvalue weighted by molar-refractivity contribution is -0.113. The third-order valence-electron chi connectivity index (χ3n) is 6.67. The molecule has 0 radical (unpaired) electrons. The molecule has 0 saturated heterocycles. The highest BCUT2D eigenvalue weighted by molar-refractivity contribution is 7.99. The predicted molar refractivity (Wildman–Crippen MR) is 152 cm³/mol. The summed E-state index contributed by atoms with van der Waals surface area (Å²) in [6, 6.07) is 17.8. The molecule has 2 aromatic heterocycles. The largest absolute Gasteiger partial charge is 0.372 e. The SMILES string of the molecule is Cc1ccc(NC(=O)CSc2nc3sc4c(c3c(=O)n2CCc2ccccc2)C[C@@H](C(C)C)OC4)cc1. The fourth-order valence-electron chi connectivity index (χ4n) is 4.53. The van der Waals surface area contributed by atoms with Crippen LogP contribution in [0.4, 0.5) is 5.69 Å². The van der Waals surface area contributed by atoms with E-state index in [0.29, 0.717) is 30.6 Å². The first kappa shape index (κ1) is 25.7. The van der Waals surface area contributed by atoms with Crippen LogP contribution < -0.4 is 10.9 Å². The van der Waals surface area contributed by atoms with Gasteiger partial charge in [0.15, 0.2) is 5.16 Å². The average Bonchev–Trinajstić information content (AvgIpc) is 3.26. The van der Waals surface area contributed by atoms with Gasteiger partial charge in [-0.1, -0.05) is 73.6 Å². The first-order chi connectivity index (χ1) is 17.9. The number of fused-ring (bicyclic) bond motifs is 3. The summed E-state index contributed by atoms with van der Waals surface area (Å²) in [6.07, 6.45) is 1.54. The van der Waals surface area contributed by atoms with Crippen molar-refractivity contribution >= 4 is 44.9 Å². The number of thioether (sulfide) groups is 1. The molecular weight excluding hydrogens is 502 g/mol. The number of carbonyl (C=O) groups excluding carboxylic acids is 1. The Kier molecular flexibility index (Phi) is 7.79. The fraction of sp³-hybridized carbons (Fsp3) is 0.345. The number of thiophene rings is 1. The molecule has 5 rings (SSSR count). The summed E-state index contributed by atoms with van der Waals surface area (Å²) in [5.74, 6) is 0.413. The van der Waals surface area contributed by atoms with Gasteiger partial charge in [0.05, 0.1) is 23.8 Å². The third-order valence-corrected chi connectivity index (χ3v) is 8.75. The van der Waals surface area contributed by atoms with Gasteiger partial charge in [-0.2, -0.15) is 0 Å². The predicted octanol–water partition coefficient (Wildman–Crippen LogP) is 5.84. The van der Waals surface area contributed by atoms with Gasteiger partial charge < -0.3 is 10.1 Å². The minimum Gasteiger partial charge on any atom is -0.372 e. The number of carbonyl (C=O) groups is 1. The number of rotatable bonds is 8. The lowest BCUT2D eigenvalue weighted by Crippen LogP contribution is -2.29. The molecule has 0 spiro atoms. The lowest BCUT2D eigenvalue weighted by Gasteiger charge is -2.26. The summed E-state index contributed by atoms with van der Waals surface area (Å²) in [4.78, 5) is 33.4. The van der Waals surface area contributed by atoms with Crippen molar-refractivity contribution in [2.24, 2.45) is 5.92 Å². The molecule has 37 heavy (non-hydrogen) atoms. The normalized spacial score (nSPS) is 15.2. The second-order valence-electron chi connectivity index (χ2n) is 9.77. The van der Waals surface area contributed by atoms with Crippen molar-refractivity contribution in [3.8, 4) is 0 Å². The fourth-order valence-corrected chi connectivity index (χ4v) is 6.52. The molecule has 3 heterocycles. The van der Waals surface area contributed by atoms with Gasteiger partial charge in [0.1, 0.15) is 4.83 Å². The maximum absolute atomic E-state index is 13.9. The zero-order valence-corrected chi connectivity index (χ0v) is 23.0. The van der Waals surface area contributed by atoms with Crippen molar-refractivity contribution in [2.45, 2.75) is 58.0 Å². The minimum atomic E-state index is -0.128. The quantitative estimate of drug-likeness (QED) is 0.228. The van der Waals surface area contributed by atoms with Crippen molar-refractivity contribution in [2.75, 3.05) is 11.1 Å². The third kappa shape index (κ3) is 5.81. The number of ether oxygens (including phenoxy) is 1. The van der Waals surface area contributed by atoms with Crippen molar-refractivity contribution in [1.29, 1.82) is 0 Å². The van der Waals surface area contributed by atoms with E-state index in [-0.39, 0.29) is 23.3 Å². The van der Waals surface area contributed by atoms with E-state index in [1.807, 2.05) is 49.4 Å². The van der Waals surface area contributed by atoms with Gasteiger partial charge in [0, 0.05) is 23.5 Å². The van der Waals surface area contributed by atoms with Crippen molar-refractivity contribution in [3.63, 3.8) is 0 Å². The molecule has 0 unspecified atom stereocenters. The van der Waals surface area contributed by atoms with Crippen LogP contribution in [0.3, 0.4) is 0 Å². The molecule has 1 amide bonds. The van der Waals surface area contributed by atoms with Gasteiger partial charge in [-0.3, -0.25) is 14.2 Å². The highest BCUT2D eigenvalue weighted by Crippen LogP contribution is 2.36. The Labute approximate surface area is 225 Å². The maximum Gasteiger partial charge on any atom is 0.263 e. The number of hydrogen-bond acceptors (Lipinski definition) is 6. The molecule has 8 heteroatoms. The number of benzene rings is 2. The lowest BCUT2D eigenvalue weighted by atomic mass is 9.96. The van der Waals surface area contributed by atoms with Gasteiger partial charge in [-0.15, -0.1) is 11.3 Å². The van der Waals surface area contributed by atoms with Crippen LogP contribution in [0.25, 0.3) is 10.2 Å². The van der Waals surface area contributed by atoms with Crippen LogP contribution in [0.15, 0.2) is 64.5 Å². The summed E-state index contributed by atoms with van der Waals surface area (Å²) >= 11 is 2.85. The Balaban J connectivity index is 1.45. The molecular formula is C29H31N3O3S2. The second kappa shape index (κ2) is 11.2. The van der Waals surface area contributed by atoms with Crippen LogP contribution in [-0.2, 0) is 35.5 Å². The average molecular weight is 534 g/mol. The highest BCUT2D eigenvalue weighted by atomic mass is 32.2. The molecule has 0 aliphatic carbocycles. The van der Waals surface area contributed by atoms with E-state index >= 15 is 0 Å². The first-order valence-corrected chi connectivity index (χ1v) is 14.4. The van der Waals surface area contributed by atoms with Crippen molar-refractivity contribution in [3.05, 3.63) is 86.5 Å². The summed E-state index contributed by atoms with van der Waals surface area (Å²) < 4.78 is 7.82. The topological polar surface area (TPSA) is 73.2 Å².